The number of hydrogen-bond donors (Lipinski definition) is 1. The molecule has 0 spiro atoms. The second-order valence-electron chi connectivity index (χ2n) is 9.06. The van der Waals surface area contributed by atoms with Crippen molar-refractivity contribution < 1.29 is 9.59 Å². The summed E-state index contributed by atoms with van der Waals surface area (Å²) in [5.41, 5.74) is 0. The molecule has 2 amide bonds. The molecule has 3 rings (SSSR count). The van der Waals surface area contributed by atoms with Crippen LogP contribution in [-0.2, 0) is 9.59 Å². The lowest BCUT2D eigenvalue weighted by molar-refractivity contribution is -0.136. The van der Waals surface area contributed by atoms with Gasteiger partial charge in [0.05, 0.1) is 0 Å². The van der Waals surface area contributed by atoms with E-state index in [-0.39, 0.29) is 5.91 Å². The highest BCUT2D eigenvalue weighted by Crippen LogP contribution is 2.32. The van der Waals surface area contributed by atoms with Crippen LogP contribution in [0, 0.1) is 17.8 Å². The van der Waals surface area contributed by atoms with Crippen LogP contribution in [0.15, 0.2) is 0 Å². The second kappa shape index (κ2) is 9.20. The van der Waals surface area contributed by atoms with Crippen molar-refractivity contribution in [1.82, 2.24) is 15.1 Å². The van der Waals surface area contributed by atoms with Gasteiger partial charge in [0.1, 0.15) is 0 Å². The average Bonchev–Trinajstić information content (AvgIpc) is 2.64. The van der Waals surface area contributed by atoms with Gasteiger partial charge in [0.15, 0.2) is 0 Å². The number of piperidine rings is 2. The van der Waals surface area contributed by atoms with Gasteiger partial charge in [-0.2, -0.15) is 0 Å². The van der Waals surface area contributed by atoms with E-state index >= 15 is 0 Å². The van der Waals surface area contributed by atoms with Crippen molar-refractivity contribution in [2.45, 2.75) is 70.3 Å². The Bertz CT molecular complexity index is 488. The Labute approximate surface area is 158 Å². The van der Waals surface area contributed by atoms with E-state index in [4.69, 9.17) is 0 Å². The Morgan fingerprint density at radius 1 is 1.12 bits per heavy atom. The smallest absolute Gasteiger partial charge is 0.222 e. The molecule has 148 valence electrons. The zero-order valence-corrected chi connectivity index (χ0v) is 16.7. The molecule has 1 aliphatic carbocycles. The SMILES string of the molecule is CN(C)C(=O)CCCC1NCC2CC1CN(C(=O)CC1CCCCC1)C2. The number of amides is 2. The predicted octanol–water partition coefficient (Wildman–Crippen LogP) is 2.65. The van der Waals surface area contributed by atoms with Gasteiger partial charge in [0.25, 0.3) is 0 Å². The Hall–Kier alpha value is -1.10. The molecule has 3 unspecified atom stereocenters. The highest BCUT2D eigenvalue weighted by atomic mass is 16.2. The molecule has 3 atom stereocenters. The highest BCUT2D eigenvalue weighted by Gasteiger charge is 2.38. The van der Waals surface area contributed by atoms with Gasteiger partial charge in [0.2, 0.25) is 11.8 Å². The first kappa shape index (κ1) is 19.7. The number of fused-ring (bicyclic) bond motifs is 2. The van der Waals surface area contributed by atoms with Crippen molar-refractivity contribution in [3.05, 3.63) is 0 Å². The average molecular weight is 364 g/mol. The monoisotopic (exact) mass is 363 g/mol. The molecular weight excluding hydrogens is 326 g/mol. The van der Waals surface area contributed by atoms with Gasteiger partial charge < -0.3 is 15.1 Å². The number of nitrogens with one attached hydrogen (secondary N) is 1. The van der Waals surface area contributed by atoms with E-state index < -0.39 is 0 Å². The Morgan fingerprint density at radius 2 is 1.88 bits per heavy atom. The fourth-order valence-corrected chi connectivity index (χ4v) is 5.18. The van der Waals surface area contributed by atoms with E-state index in [9.17, 15) is 9.59 Å². The molecule has 26 heavy (non-hydrogen) atoms. The van der Waals surface area contributed by atoms with Crippen LogP contribution in [0.1, 0.15) is 64.2 Å². The van der Waals surface area contributed by atoms with Crippen molar-refractivity contribution in [2.24, 2.45) is 17.8 Å². The van der Waals surface area contributed by atoms with Gasteiger partial charge in [-0.3, -0.25) is 9.59 Å². The number of hydrogen-bond acceptors (Lipinski definition) is 3. The summed E-state index contributed by atoms with van der Waals surface area (Å²) >= 11 is 0. The summed E-state index contributed by atoms with van der Waals surface area (Å²) in [5.74, 6) is 2.42. The quantitative estimate of drug-likeness (QED) is 0.789. The molecule has 0 aromatic carbocycles. The topological polar surface area (TPSA) is 52.7 Å². The second-order valence-corrected chi connectivity index (χ2v) is 9.06. The zero-order chi connectivity index (χ0) is 18.5. The maximum atomic E-state index is 12.8. The minimum Gasteiger partial charge on any atom is -0.349 e. The summed E-state index contributed by atoms with van der Waals surface area (Å²) in [7, 11) is 3.64. The molecule has 0 aromatic rings. The first-order valence-corrected chi connectivity index (χ1v) is 10.7. The first-order valence-electron chi connectivity index (χ1n) is 10.7. The normalized spacial score (nSPS) is 29.5. The van der Waals surface area contributed by atoms with Crippen LogP contribution in [0.25, 0.3) is 0 Å². The number of nitrogens with zero attached hydrogens (tertiary/aromatic N) is 2. The maximum Gasteiger partial charge on any atom is 0.222 e. The lowest BCUT2D eigenvalue weighted by atomic mass is 9.78. The molecule has 3 aliphatic rings. The number of likely N-dealkylation sites (tertiary alicyclic amines) is 1. The van der Waals surface area contributed by atoms with E-state index in [0.717, 1.165) is 38.9 Å². The molecule has 2 heterocycles. The summed E-state index contributed by atoms with van der Waals surface area (Å²) in [6.07, 6.45) is 11.1. The molecule has 1 N–H and O–H groups in total. The molecule has 5 heteroatoms. The van der Waals surface area contributed by atoms with Gasteiger partial charge in [0, 0.05) is 46.1 Å². The fourth-order valence-electron chi connectivity index (χ4n) is 5.18. The molecule has 2 saturated heterocycles. The molecule has 0 aromatic heterocycles. The summed E-state index contributed by atoms with van der Waals surface area (Å²) in [6.45, 7) is 2.89. The first-order chi connectivity index (χ1) is 12.5. The third-order valence-electron chi connectivity index (χ3n) is 6.75. The van der Waals surface area contributed by atoms with Crippen LogP contribution < -0.4 is 5.32 Å². The van der Waals surface area contributed by atoms with E-state index in [0.29, 0.717) is 36.1 Å². The van der Waals surface area contributed by atoms with Gasteiger partial charge in [-0.05, 0) is 56.4 Å². The Kier molecular flexibility index (Phi) is 6.96. The van der Waals surface area contributed by atoms with Crippen LogP contribution >= 0.6 is 0 Å². The fraction of sp³-hybridized carbons (Fsp3) is 0.905. The van der Waals surface area contributed by atoms with E-state index in [2.05, 4.69) is 10.2 Å². The number of carbonyl (C=O) groups excluding carboxylic acids is 2. The predicted molar refractivity (Wildman–Crippen MR) is 104 cm³/mol. The minimum atomic E-state index is 0.214. The van der Waals surface area contributed by atoms with Crippen molar-refractivity contribution in [3.8, 4) is 0 Å². The summed E-state index contributed by atoms with van der Waals surface area (Å²) < 4.78 is 0. The molecule has 1 saturated carbocycles. The molecule has 2 aliphatic heterocycles. The van der Waals surface area contributed by atoms with E-state index in [1.54, 1.807) is 4.90 Å². The van der Waals surface area contributed by atoms with E-state index in [1.165, 1.54) is 38.5 Å². The van der Waals surface area contributed by atoms with Crippen LogP contribution in [0.4, 0.5) is 0 Å². The summed E-state index contributed by atoms with van der Waals surface area (Å²) in [4.78, 5) is 28.5. The van der Waals surface area contributed by atoms with Crippen LogP contribution in [-0.4, -0.2) is 61.4 Å². The number of carbonyl (C=O) groups is 2. The standard InChI is InChI=1S/C21H37N3O2/c1-23(2)20(25)10-6-9-19-18-11-17(13-22-19)14-24(15-18)21(26)12-16-7-4-3-5-8-16/h16-19,22H,3-15H2,1-2H3. The van der Waals surface area contributed by atoms with Crippen molar-refractivity contribution in [2.75, 3.05) is 33.7 Å². The van der Waals surface area contributed by atoms with Crippen LogP contribution in [0.3, 0.4) is 0 Å². The Morgan fingerprint density at radius 3 is 2.62 bits per heavy atom. The number of rotatable bonds is 6. The maximum absolute atomic E-state index is 12.8. The lowest BCUT2D eigenvalue weighted by Gasteiger charge is -2.46. The zero-order valence-electron chi connectivity index (χ0n) is 16.7. The molecule has 3 fully saturated rings. The van der Waals surface area contributed by atoms with Crippen molar-refractivity contribution in [3.63, 3.8) is 0 Å². The summed E-state index contributed by atoms with van der Waals surface area (Å²) in [6, 6.07) is 0.464. The van der Waals surface area contributed by atoms with Crippen molar-refractivity contribution >= 4 is 11.8 Å². The largest absolute Gasteiger partial charge is 0.349 e. The van der Waals surface area contributed by atoms with Crippen LogP contribution in [0.2, 0.25) is 0 Å². The minimum absolute atomic E-state index is 0.214. The molecule has 2 bridgehead atoms. The molecule has 0 radical (unpaired) electrons. The summed E-state index contributed by atoms with van der Waals surface area (Å²) in [5, 5.41) is 3.70. The third kappa shape index (κ3) is 5.21. The van der Waals surface area contributed by atoms with Gasteiger partial charge >= 0.3 is 0 Å². The van der Waals surface area contributed by atoms with Gasteiger partial charge in [-0.15, -0.1) is 0 Å². The molecule has 5 nitrogen and oxygen atoms in total. The van der Waals surface area contributed by atoms with Crippen LogP contribution in [0.5, 0.6) is 0 Å². The highest BCUT2D eigenvalue weighted by molar-refractivity contribution is 5.76. The van der Waals surface area contributed by atoms with Gasteiger partial charge in [-0.1, -0.05) is 19.3 Å². The Balaban J connectivity index is 1.47. The van der Waals surface area contributed by atoms with E-state index in [1.807, 2.05) is 14.1 Å². The van der Waals surface area contributed by atoms with Gasteiger partial charge in [-0.25, -0.2) is 0 Å². The molecular formula is C21H37N3O2. The lowest BCUT2D eigenvalue weighted by Crippen LogP contribution is -2.57. The van der Waals surface area contributed by atoms with Crippen molar-refractivity contribution in [1.29, 1.82) is 0 Å². The third-order valence-corrected chi connectivity index (χ3v) is 6.75.